The standard InChI is InChI=1S/C16H15Cl2NO2/c1-2-21-16(20)12-7-3-4-9-14(12)19-10-11-6-5-8-13(17)15(11)18/h3-9,19H,2,10H2,1H3. The molecule has 0 atom stereocenters. The fraction of sp³-hybridized carbons (Fsp3) is 0.188. The Morgan fingerprint density at radius 2 is 1.90 bits per heavy atom. The van der Waals surface area contributed by atoms with Crippen molar-refractivity contribution < 1.29 is 9.53 Å². The average molecular weight is 324 g/mol. The molecule has 0 spiro atoms. The fourth-order valence-corrected chi connectivity index (χ4v) is 2.29. The van der Waals surface area contributed by atoms with Crippen molar-refractivity contribution in [2.24, 2.45) is 0 Å². The van der Waals surface area contributed by atoms with E-state index in [0.29, 0.717) is 34.4 Å². The highest BCUT2D eigenvalue weighted by Crippen LogP contribution is 2.26. The number of halogens is 2. The van der Waals surface area contributed by atoms with Crippen molar-refractivity contribution in [1.82, 2.24) is 0 Å². The van der Waals surface area contributed by atoms with Gasteiger partial charge in [-0.1, -0.05) is 47.5 Å². The molecule has 1 N–H and O–H groups in total. The lowest BCUT2D eigenvalue weighted by Gasteiger charge is -2.12. The summed E-state index contributed by atoms with van der Waals surface area (Å²) in [7, 11) is 0. The molecule has 0 fully saturated rings. The van der Waals surface area contributed by atoms with Crippen molar-refractivity contribution in [3.8, 4) is 0 Å². The first-order chi connectivity index (χ1) is 10.1. The molecule has 2 aromatic rings. The van der Waals surface area contributed by atoms with E-state index in [2.05, 4.69) is 5.32 Å². The second-order valence-electron chi connectivity index (χ2n) is 4.33. The number of carbonyl (C=O) groups excluding carboxylic acids is 1. The molecular weight excluding hydrogens is 309 g/mol. The maximum atomic E-state index is 11.9. The maximum Gasteiger partial charge on any atom is 0.340 e. The zero-order chi connectivity index (χ0) is 15.2. The van der Waals surface area contributed by atoms with Crippen molar-refractivity contribution >= 4 is 34.9 Å². The fourth-order valence-electron chi connectivity index (χ4n) is 1.90. The lowest BCUT2D eigenvalue weighted by atomic mass is 10.1. The first-order valence-corrected chi connectivity index (χ1v) is 7.32. The van der Waals surface area contributed by atoms with Gasteiger partial charge in [-0.3, -0.25) is 0 Å². The highest BCUT2D eigenvalue weighted by Gasteiger charge is 2.12. The number of esters is 1. The molecular formula is C16H15Cl2NO2. The minimum atomic E-state index is -0.349. The Morgan fingerprint density at radius 3 is 2.67 bits per heavy atom. The number of anilines is 1. The molecule has 110 valence electrons. The second kappa shape index (κ2) is 7.34. The van der Waals surface area contributed by atoms with Crippen molar-refractivity contribution in [3.05, 3.63) is 63.6 Å². The monoisotopic (exact) mass is 323 g/mol. The molecule has 0 heterocycles. The van der Waals surface area contributed by atoms with Crippen LogP contribution in [0.1, 0.15) is 22.8 Å². The molecule has 0 radical (unpaired) electrons. The molecule has 2 rings (SSSR count). The Balaban J connectivity index is 2.17. The Kier molecular flexibility index (Phi) is 5.48. The summed E-state index contributed by atoms with van der Waals surface area (Å²) in [4.78, 5) is 11.9. The molecule has 2 aromatic carbocycles. The smallest absolute Gasteiger partial charge is 0.340 e. The van der Waals surface area contributed by atoms with E-state index in [1.807, 2.05) is 24.3 Å². The summed E-state index contributed by atoms with van der Waals surface area (Å²) < 4.78 is 5.04. The molecule has 0 saturated carbocycles. The lowest BCUT2D eigenvalue weighted by molar-refractivity contribution is 0.0527. The summed E-state index contributed by atoms with van der Waals surface area (Å²) in [6.07, 6.45) is 0. The van der Waals surface area contributed by atoms with Crippen LogP contribution in [0.5, 0.6) is 0 Å². The quantitative estimate of drug-likeness (QED) is 0.804. The van der Waals surface area contributed by atoms with Crippen molar-refractivity contribution in [3.63, 3.8) is 0 Å². The predicted octanol–water partition coefficient (Wildman–Crippen LogP) is 4.78. The van der Waals surface area contributed by atoms with E-state index in [0.717, 1.165) is 5.56 Å². The summed E-state index contributed by atoms with van der Waals surface area (Å²) in [6.45, 7) is 2.59. The zero-order valence-electron chi connectivity index (χ0n) is 11.5. The maximum absolute atomic E-state index is 11.9. The molecule has 0 aliphatic carbocycles. The van der Waals surface area contributed by atoms with E-state index in [-0.39, 0.29) is 5.97 Å². The Hall–Kier alpha value is -1.71. The Bertz CT molecular complexity index is 644. The van der Waals surface area contributed by atoms with Gasteiger partial charge in [0.1, 0.15) is 0 Å². The third-order valence-corrected chi connectivity index (χ3v) is 3.78. The van der Waals surface area contributed by atoms with Crippen LogP contribution in [-0.4, -0.2) is 12.6 Å². The summed E-state index contributed by atoms with van der Waals surface area (Å²) in [5.74, 6) is -0.349. The summed E-state index contributed by atoms with van der Waals surface area (Å²) >= 11 is 12.1. The van der Waals surface area contributed by atoms with Gasteiger partial charge in [0, 0.05) is 12.2 Å². The number of ether oxygens (including phenoxy) is 1. The van der Waals surface area contributed by atoms with E-state index in [9.17, 15) is 4.79 Å². The second-order valence-corrected chi connectivity index (χ2v) is 5.12. The lowest BCUT2D eigenvalue weighted by Crippen LogP contribution is -2.10. The molecule has 0 aliphatic rings. The first kappa shape index (κ1) is 15.7. The summed E-state index contributed by atoms with van der Waals surface area (Å²) in [5, 5.41) is 4.22. The zero-order valence-corrected chi connectivity index (χ0v) is 13.0. The van der Waals surface area contributed by atoms with Crippen molar-refractivity contribution in [2.45, 2.75) is 13.5 Å². The van der Waals surface area contributed by atoms with Gasteiger partial charge in [0.05, 0.1) is 22.2 Å². The third-order valence-electron chi connectivity index (χ3n) is 2.92. The van der Waals surface area contributed by atoms with Gasteiger partial charge in [-0.2, -0.15) is 0 Å². The normalized spacial score (nSPS) is 10.2. The highest BCUT2D eigenvalue weighted by molar-refractivity contribution is 6.42. The van der Waals surface area contributed by atoms with Gasteiger partial charge in [0.25, 0.3) is 0 Å². The van der Waals surface area contributed by atoms with Crippen LogP contribution in [0.15, 0.2) is 42.5 Å². The molecule has 0 aliphatic heterocycles. The van der Waals surface area contributed by atoms with Gasteiger partial charge >= 0.3 is 5.97 Å². The van der Waals surface area contributed by atoms with Gasteiger partial charge < -0.3 is 10.1 Å². The Morgan fingerprint density at radius 1 is 1.14 bits per heavy atom. The van der Waals surface area contributed by atoms with Crippen LogP contribution >= 0.6 is 23.2 Å². The van der Waals surface area contributed by atoms with Crippen LogP contribution < -0.4 is 5.32 Å². The molecule has 0 bridgehead atoms. The van der Waals surface area contributed by atoms with E-state index < -0.39 is 0 Å². The van der Waals surface area contributed by atoms with E-state index in [1.54, 1.807) is 25.1 Å². The highest BCUT2D eigenvalue weighted by atomic mass is 35.5. The van der Waals surface area contributed by atoms with E-state index >= 15 is 0 Å². The van der Waals surface area contributed by atoms with Gasteiger partial charge in [0.15, 0.2) is 0 Å². The van der Waals surface area contributed by atoms with E-state index in [1.165, 1.54) is 0 Å². The average Bonchev–Trinajstić information content (AvgIpc) is 2.49. The van der Waals surface area contributed by atoms with Crippen LogP contribution in [0.2, 0.25) is 10.0 Å². The molecule has 5 heteroatoms. The van der Waals surface area contributed by atoms with Gasteiger partial charge in [0.2, 0.25) is 0 Å². The minimum Gasteiger partial charge on any atom is -0.462 e. The SMILES string of the molecule is CCOC(=O)c1ccccc1NCc1cccc(Cl)c1Cl. The van der Waals surface area contributed by atoms with Gasteiger partial charge in [-0.15, -0.1) is 0 Å². The summed E-state index contributed by atoms with van der Waals surface area (Å²) in [5.41, 5.74) is 2.06. The molecule has 3 nitrogen and oxygen atoms in total. The largest absolute Gasteiger partial charge is 0.462 e. The predicted molar refractivity (Wildman–Crippen MR) is 86.2 cm³/mol. The van der Waals surface area contributed by atoms with Crippen molar-refractivity contribution in [1.29, 1.82) is 0 Å². The number of hydrogen-bond acceptors (Lipinski definition) is 3. The van der Waals surface area contributed by atoms with E-state index in [4.69, 9.17) is 27.9 Å². The van der Waals surface area contributed by atoms with Gasteiger partial charge in [-0.05, 0) is 30.7 Å². The summed E-state index contributed by atoms with van der Waals surface area (Å²) in [6, 6.07) is 12.6. The number of benzene rings is 2. The number of nitrogens with one attached hydrogen (secondary N) is 1. The van der Waals surface area contributed by atoms with Crippen LogP contribution in [0.3, 0.4) is 0 Å². The number of rotatable bonds is 5. The molecule has 21 heavy (non-hydrogen) atoms. The molecule has 0 unspecified atom stereocenters. The number of hydrogen-bond donors (Lipinski definition) is 1. The topological polar surface area (TPSA) is 38.3 Å². The van der Waals surface area contributed by atoms with Crippen LogP contribution in [-0.2, 0) is 11.3 Å². The molecule has 0 amide bonds. The van der Waals surface area contributed by atoms with Gasteiger partial charge in [-0.25, -0.2) is 4.79 Å². The minimum absolute atomic E-state index is 0.341. The molecule has 0 saturated heterocycles. The third kappa shape index (κ3) is 3.90. The first-order valence-electron chi connectivity index (χ1n) is 6.56. The number of carbonyl (C=O) groups is 1. The van der Waals surface area contributed by atoms with Crippen molar-refractivity contribution in [2.75, 3.05) is 11.9 Å². The Labute approximate surface area is 133 Å². The van der Waals surface area contributed by atoms with Crippen LogP contribution in [0.4, 0.5) is 5.69 Å². The van der Waals surface area contributed by atoms with Crippen LogP contribution in [0, 0.1) is 0 Å². The molecule has 0 aromatic heterocycles. The number of para-hydroxylation sites is 1. The van der Waals surface area contributed by atoms with Crippen LogP contribution in [0.25, 0.3) is 0 Å².